The first-order chi connectivity index (χ1) is 9.13. The molecule has 0 unspecified atom stereocenters. The van der Waals surface area contributed by atoms with Crippen molar-refractivity contribution < 1.29 is 0 Å². The van der Waals surface area contributed by atoms with E-state index >= 15 is 0 Å². The number of hydrogen-bond acceptors (Lipinski definition) is 1. The standard InChI is InChI=1S/C17H22BrN/c1-4-5-6-7-8-14-13(3)19-16-10-9-12(2)11-15(16)17(14)18/h9-11H,4-8H2,1-3H3. The lowest BCUT2D eigenvalue weighted by molar-refractivity contribution is 0.664. The van der Waals surface area contributed by atoms with Gasteiger partial charge in [0.1, 0.15) is 0 Å². The highest BCUT2D eigenvalue weighted by Crippen LogP contribution is 2.30. The van der Waals surface area contributed by atoms with Crippen LogP contribution in [0.5, 0.6) is 0 Å². The molecule has 0 aliphatic rings. The SMILES string of the molecule is CCCCCCc1c(C)nc2ccc(C)cc2c1Br. The molecule has 0 fully saturated rings. The normalized spacial score (nSPS) is 11.2. The summed E-state index contributed by atoms with van der Waals surface area (Å²) in [5.74, 6) is 0. The molecular formula is C17H22BrN. The second kappa shape index (κ2) is 6.51. The maximum atomic E-state index is 4.75. The van der Waals surface area contributed by atoms with E-state index in [2.05, 4.69) is 54.9 Å². The molecule has 102 valence electrons. The molecule has 1 heterocycles. The topological polar surface area (TPSA) is 12.9 Å². The van der Waals surface area contributed by atoms with Gasteiger partial charge in [-0.3, -0.25) is 4.98 Å². The van der Waals surface area contributed by atoms with Crippen molar-refractivity contribution in [3.63, 3.8) is 0 Å². The Bertz CT molecular complexity index is 575. The third kappa shape index (κ3) is 3.36. The molecule has 19 heavy (non-hydrogen) atoms. The zero-order chi connectivity index (χ0) is 13.8. The molecule has 1 nitrogen and oxygen atoms in total. The molecule has 0 aliphatic heterocycles. The number of pyridine rings is 1. The quantitative estimate of drug-likeness (QED) is 0.640. The Morgan fingerprint density at radius 2 is 1.89 bits per heavy atom. The summed E-state index contributed by atoms with van der Waals surface area (Å²) < 4.78 is 1.25. The first-order valence-electron chi connectivity index (χ1n) is 7.18. The maximum absolute atomic E-state index is 4.75. The molecule has 2 rings (SSSR count). The van der Waals surface area contributed by atoms with Crippen molar-refractivity contribution in [3.8, 4) is 0 Å². The summed E-state index contributed by atoms with van der Waals surface area (Å²) in [5.41, 5.74) is 4.93. The fourth-order valence-electron chi connectivity index (χ4n) is 2.51. The van der Waals surface area contributed by atoms with Gasteiger partial charge in [-0.1, -0.05) is 37.8 Å². The van der Waals surface area contributed by atoms with Gasteiger partial charge in [-0.25, -0.2) is 0 Å². The number of benzene rings is 1. The number of fused-ring (bicyclic) bond motifs is 1. The predicted molar refractivity (Wildman–Crippen MR) is 86.8 cm³/mol. The minimum absolute atomic E-state index is 1.09. The average molecular weight is 320 g/mol. The first-order valence-corrected chi connectivity index (χ1v) is 7.98. The smallest absolute Gasteiger partial charge is 0.0716 e. The van der Waals surface area contributed by atoms with Crippen molar-refractivity contribution in [2.24, 2.45) is 0 Å². The Kier molecular flexibility index (Phi) is 4.98. The lowest BCUT2D eigenvalue weighted by Gasteiger charge is -2.11. The maximum Gasteiger partial charge on any atom is 0.0716 e. The van der Waals surface area contributed by atoms with E-state index in [1.165, 1.54) is 52.4 Å². The van der Waals surface area contributed by atoms with Crippen LogP contribution in [-0.4, -0.2) is 4.98 Å². The van der Waals surface area contributed by atoms with Gasteiger partial charge in [0.05, 0.1) is 5.52 Å². The molecule has 0 N–H and O–H groups in total. The fourth-order valence-corrected chi connectivity index (χ4v) is 3.31. The monoisotopic (exact) mass is 319 g/mol. The molecule has 0 aliphatic carbocycles. The third-order valence-corrected chi connectivity index (χ3v) is 4.56. The lowest BCUT2D eigenvalue weighted by Crippen LogP contribution is -1.97. The minimum Gasteiger partial charge on any atom is -0.253 e. The van der Waals surface area contributed by atoms with Gasteiger partial charge in [0.2, 0.25) is 0 Å². The number of aromatic nitrogens is 1. The van der Waals surface area contributed by atoms with E-state index in [1.54, 1.807) is 0 Å². The largest absolute Gasteiger partial charge is 0.253 e. The van der Waals surface area contributed by atoms with Gasteiger partial charge in [0, 0.05) is 15.6 Å². The van der Waals surface area contributed by atoms with Gasteiger partial charge in [0.15, 0.2) is 0 Å². The highest BCUT2D eigenvalue weighted by atomic mass is 79.9. The van der Waals surface area contributed by atoms with Crippen LogP contribution in [0.2, 0.25) is 0 Å². The molecule has 0 radical (unpaired) electrons. The summed E-state index contributed by atoms with van der Waals surface area (Å²) >= 11 is 3.80. The van der Waals surface area contributed by atoms with E-state index in [4.69, 9.17) is 4.98 Å². The van der Waals surface area contributed by atoms with E-state index in [0.717, 1.165) is 11.9 Å². The van der Waals surface area contributed by atoms with E-state index in [1.807, 2.05) is 0 Å². The summed E-state index contributed by atoms with van der Waals surface area (Å²) in [6.45, 7) is 6.51. The van der Waals surface area contributed by atoms with Crippen molar-refractivity contribution in [3.05, 3.63) is 39.5 Å². The van der Waals surface area contributed by atoms with Crippen LogP contribution in [0.25, 0.3) is 10.9 Å². The summed E-state index contributed by atoms with van der Waals surface area (Å²) in [4.78, 5) is 4.75. The molecule has 0 bridgehead atoms. The van der Waals surface area contributed by atoms with Crippen LogP contribution in [0.4, 0.5) is 0 Å². The van der Waals surface area contributed by atoms with Gasteiger partial charge in [-0.15, -0.1) is 0 Å². The van der Waals surface area contributed by atoms with Gasteiger partial charge in [0.25, 0.3) is 0 Å². The van der Waals surface area contributed by atoms with Crippen LogP contribution >= 0.6 is 15.9 Å². The van der Waals surface area contributed by atoms with Crippen molar-refractivity contribution in [1.82, 2.24) is 4.98 Å². The Labute approximate surface area is 124 Å². The highest BCUT2D eigenvalue weighted by Gasteiger charge is 2.10. The van der Waals surface area contributed by atoms with Crippen molar-refractivity contribution in [2.75, 3.05) is 0 Å². The van der Waals surface area contributed by atoms with Gasteiger partial charge >= 0.3 is 0 Å². The Balaban J connectivity index is 2.32. The molecule has 0 atom stereocenters. The summed E-state index contributed by atoms with van der Waals surface area (Å²) in [6.07, 6.45) is 6.32. The molecule has 0 saturated carbocycles. The Morgan fingerprint density at radius 1 is 1.11 bits per heavy atom. The fraction of sp³-hybridized carbons (Fsp3) is 0.471. The van der Waals surface area contributed by atoms with Crippen LogP contribution in [0.15, 0.2) is 22.7 Å². The Hall–Kier alpha value is -0.890. The molecule has 2 heteroatoms. The van der Waals surface area contributed by atoms with Crippen LogP contribution in [0, 0.1) is 13.8 Å². The average Bonchev–Trinajstić information content (AvgIpc) is 2.39. The number of aryl methyl sites for hydroxylation is 2. The van der Waals surface area contributed by atoms with E-state index in [0.29, 0.717) is 0 Å². The number of rotatable bonds is 5. The van der Waals surface area contributed by atoms with E-state index < -0.39 is 0 Å². The van der Waals surface area contributed by atoms with E-state index in [9.17, 15) is 0 Å². The lowest BCUT2D eigenvalue weighted by atomic mass is 10.0. The zero-order valence-corrected chi connectivity index (χ0v) is 13.7. The zero-order valence-electron chi connectivity index (χ0n) is 12.1. The molecule has 0 spiro atoms. The van der Waals surface area contributed by atoms with Gasteiger partial charge in [-0.05, 0) is 60.3 Å². The third-order valence-electron chi connectivity index (χ3n) is 3.66. The van der Waals surface area contributed by atoms with Crippen LogP contribution in [0.3, 0.4) is 0 Å². The molecular weight excluding hydrogens is 298 g/mol. The number of hydrogen-bond donors (Lipinski definition) is 0. The van der Waals surface area contributed by atoms with Crippen molar-refractivity contribution in [2.45, 2.75) is 52.9 Å². The first kappa shape index (κ1) is 14.5. The minimum atomic E-state index is 1.09. The number of halogens is 1. The summed E-state index contributed by atoms with van der Waals surface area (Å²) in [7, 11) is 0. The number of nitrogens with zero attached hydrogens (tertiary/aromatic N) is 1. The predicted octanol–water partition coefficient (Wildman–Crippen LogP) is 5.74. The summed E-state index contributed by atoms with van der Waals surface area (Å²) in [6, 6.07) is 6.47. The highest BCUT2D eigenvalue weighted by molar-refractivity contribution is 9.10. The molecule has 1 aromatic carbocycles. The molecule has 2 aromatic rings. The van der Waals surface area contributed by atoms with Crippen LogP contribution in [0.1, 0.15) is 49.4 Å². The second-order valence-electron chi connectivity index (χ2n) is 5.32. The summed E-state index contributed by atoms with van der Waals surface area (Å²) in [5, 5.41) is 1.25. The molecule has 0 saturated heterocycles. The molecule has 0 amide bonds. The number of unbranched alkanes of at least 4 members (excludes halogenated alkanes) is 3. The van der Waals surface area contributed by atoms with E-state index in [-0.39, 0.29) is 0 Å². The van der Waals surface area contributed by atoms with Crippen LogP contribution < -0.4 is 0 Å². The van der Waals surface area contributed by atoms with Crippen molar-refractivity contribution in [1.29, 1.82) is 0 Å². The second-order valence-corrected chi connectivity index (χ2v) is 6.11. The van der Waals surface area contributed by atoms with Crippen molar-refractivity contribution >= 4 is 26.8 Å². The Morgan fingerprint density at radius 3 is 2.63 bits per heavy atom. The molecule has 1 aromatic heterocycles. The van der Waals surface area contributed by atoms with Crippen LogP contribution in [-0.2, 0) is 6.42 Å². The van der Waals surface area contributed by atoms with Gasteiger partial charge in [-0.2, -0.15) is 0 Å². The van der Waals surface area contributed by atoms with Gasteiger partial charge < -0.3 is 0 Å².